The number of nitrogens with two attached hydrogens (primary N) is 1. The number of nitrogens with zero attached hydrogens (tertiary/aromatic N) is 3. The Hall–Kier alpha value is -1.69. The Labute approximate surface area is 106 Å². The number of aliphatic hydroxyl groups excluding tert-OH is 1. The van der Waals surface area contributed by atoms with Gasteiger partial charge in [0.15, 0.2) is 0 Å². The van der Waals surface area contributed by atoms with E-state index >= 15 is 0 Å². The summed E-state index contributed by atoms with van der Waals surface area (Å²) < 4.78 is 0. The third kappa shape index (κ3) is 2.76. The number of nitrogens with one attached hydrogen (secondary N) is 1. The molecule has 0 radical (unpaired) electrons. The van der Waals surface area contributed by atoms with Crippen molar-refractivity contribution in [3.05, 3.63) is 17.5 Å². The number of hydrogen-bond donors (Lipinski definition) is 3. The molecule has 1 fully saturated rings. The molecule has 1 saturated heterocycles. The first kappa shape index (κ1) is 12.8. The Balaban J connectivity index is 2.16. The van der Waals surface area contributed by atoms with Gasteiger partial charge in [0, 0.05) is 25.4 Å². The molecule has 1 aliphatic heterocycles. The number of amidine groups is 1. The third-order valence-electron chi connectivity index (χ3n) is 3.22. The molecular weight excluding hydrogens is 230 g/mol. The highest BCUT2D eigenvalue weighted by Gasteiger charge is 2.24. The maximum Gasteiger partial charge on any atom is 0.226 e. The Kier molecular flexibility index (Phi) is 3.76. The van der Waals surface area contributed by atoms with Gasteiger partial charge < -0.3 is 15.7 Å². The third-order valence-corrected chi connectivity index (χ3v) is 3.22. The number of hydrogen-bond acceptors (Lipinski definition) is 5. The molecule has 2 heterocycles. The highest BCUT2D eigenvalue weighted by molar-refractivity contribution is 5.93. The van der Waals surface area contributed by atoms with E-state index in [9.17, 15) is 0 Å². The van der Waals surface area contributed by atoms with Crippen LogP contribution in [0.2, 0.25) is 0 Å². The molecule has 18 heavy (non-hydrogen) atoms. The summed E-state index contributed by atoms with van der Waals surface area (Å²) in [4.78, 5) is 10.8. The van der Waals surface area contributed by atoms with Gasteiger partial charge in [0.25, 0.3) is 0 Å². The van der Waals surface area contributed by atoms with Gasteiger partial charge in [-0.15, -0.1) is 0 Å². The van der Waals surface area contributed by atoms with Gasteiger partial charge in [-0.3, -0.25) is 5.41 Å². The summed E-state index contributed by atoms with van der Waals surface area (Å²) in [6, 6.07) is 1.72. The SMILES string of the molecule is Cc1cc(C(=N)N)nc(N2CCC(CCO)C2)n1. The van der Waals surface area contributed by atoms with Crippen LogP contribution in [0.5, 0.6) is 0 Å². The van der Waals surface area contributed by atoms with E-state index < -0.39 is 0 Å². The molecule has 1 aliphatic rings. The first-order chi connectivity index (χ1) is 8.60. The number of aliphatic hydroxyl groups is 1. The summed E-state index contributed by atoms with van der Waals surface area (Å²) in [6.07, 6.45) is 1.87. The molecule has 4 N–H and O–H groups in total. The maximum absolute atomic E-state index is 8.95. The van der Waals surface area contributed by atoms with E-state index in [0.29, 0.717) is 17.6 Å². The second-order valence-corrected chi connectivity index (χ2v) is 4.72. The molecule has 0 spiro atoms. The first-order valence-electron chi connectivity index (χ1n) is 6.16. The number of aryl methyl sites for hydroxylation is 1. The fraction of sp³-hybridized carbons (Fsp3) is 0.583. The number of rotatable bonds is 4. The van der Waals surface area contributed by atoms with Crippen molar-refractivity contribution in [1.82, 2.24) is 9.97 Å². The van der Waals surface area contributed by atoms with Crippen molar-refractivity contribution in [1.29, 1.82) is 5.41 Å². The highest BCUT2D eigenvalue weighted by Crippen LogP contribution is 2.23. The van der Waals surface area contributed by atoms with Crippen LogP contribution < -0.4 is 10.6 Å². The summed E-state index contributed by atoms with van der Waals surface area (Å²) in [5.41, 5.74) is 6.76. The van der Waals surface area contributed by atoms with Gasteiger partial charge in [-0.25, -0.2) is 9.97 Å². The van der Waals surface area contributed by atoms with Crippen LogP contribution >= 0.6 is 0 Å². The lowest BCUT2D eigenvalue weighted by Gasteiger charge is -2.17. The quantitative estimate of drug-likeness (QED) is 0.525. The second-order valence-electron chi connectivity index (χ2n) is 4.72. The van der Waals surface area contributed by atoms with Gasteiger partial charge in [0.1, 0.15) is 11.5 Å². The summed E-state index contributed by atoms with van der Waals surface area (Å²) in [5, 5.41) is 16.4. The molecule has 2 rings (SSSR count). The lowest BCUT2D eigenvalue weighted by atomic mass is 10.1. The van der Waals surface area contributed by atoms with Crippen molar-refractivity contribution in [2.24, 2.45) is 11.7 Å². The van der Waals surface area contributed by atoms with E-state index in [2.05, 4.69) is 14.9 Å². The molecule has 1 aromatic heterocycles. The average Bonchev–Trinajstić information content (AvgIpc) is 2.77. The minimum atomic E-state index is -0.0344. The van der Waals surface area contributed by atoms with Crippen LogP contribution in [0.15, 0.2) is 6.07 Å². The zero-order chi connectivity index (χ0) is 13.1. The van der Waals surface area contributed by atoms with E-state index in [1.165, 1.54) is 0 Å². The zero-order valence-corrected chi connectivity index (χ0v) is 10.6. The maximum atomic E-state index is 8.95. The lowest BCUT2D eigenvalue weighted by molar-refractivity contribution is 0.263. The molecule has 6 nitrogen and oxygen atoms in total. The van der Waals surface area contributed by atoms with E-state index in [1.54, 1.807) is 6.07 Å². The van der Waals surface area contributed by atoms with Crippen LogP contribution in [0, 0.1) is 18.3 Å². The number of nitrogen functional groups attached to an aromatic ring is 1. The molecule has 1 aromatic rings. The van der Waals surface area contributed by atoms with Crippen LogP contribution in [-0.4, -0.2) is 40.6 Å². The van der Waals surface area contributed by atoms with Gasteiger partial charge in [-0.05, 0) is 31.7 Å². The smallest absolute Gasteiger partial charge is 0.226 e. The standard InChI is InChI=1S/C12H19N5O/c1-8-6-10(11(13)14)16-12(15-8)17-4-2-9(7-17)3-5-18/h6,9,18H,2-5,7H2,1H3,(H3,13,14). The zero-order valence-electron chi connectivity index (χ0n) is 10.6. The van der Waals surface area contributed by atoms with E-state index in [0.717, 1.165) is 31.6 Å². The average molecular weight is 249 g/mol. The van der Waals surface area contributed by atoms with Gasteiger partial charge in [-0.2, -0.15) is 0 Å². The Morgan fingerprint density at radius 3 is 3.06 bits per heavy atom. The van der Waals surface area contributed by atoms with Gasteiger partial charge in [0.2, 0.25) is 5.95 Å². The van der Waals surface area contributed by atoms with Crippen LogP contribution in [0.4, 0.5) is 5.95 Å². The fourth-order valence-corrected chi connectivity index (χ4v) is 2.26. The van der Waals surface area contributed by atoms with E-state index in [1.807, 2.05) is 6.92 Å². The first-order valence-corrected chi connectivity index (χ1v) is 6.16. The van der Waals surface area contributed by atoms with Crippen molar-refractivity contribution < 1.29 is 5.11 Å². The normalized spacial score (nSPS) is 19.2. The van der Waals surface area contributed by atoms with Gasteiger partial charge >= 0.3 is 0 Å². The summed E-state index contributed by atoms with van der Waals surface area (Å²) >= 11 is 0. The Morgan fingerprint density at radius 1 is 1.61 bits per heavy atom. The molecule has 0 aromatic carbocycles. The van der Waals surface area contributed by atoms with Gasteiger partial charge in [0.05, 0.1) is 0 Å². The minimum Gasteiger partial charge on any atom is -0.396 e. The Bertz CT molecular complexity index is 448. The topological polar surface area (TPSA) is 99.1 Å². The van der Waals surface area contributed by atoms with Crippen LogP contribution in [0.1, 0.15) is 24.2 Å². The summed E-state index contributed by atoms with van der Waals surface area (Å²) in [6.45, 7) is 3.86. The van der Waals surface area contributed by atoms with Crippen molar-refractivity contribution in [2.45, 2.75) is 19.8 Å². The second kappa shape index (κ2) is 5.30. The van der Waals surface area contributed by atoms with E-state index in [4.69, 9.17) is 16.2 Å². The molecule has 0 bridgehead atoms. The molecule has 0 amide bonds. The fourth-order valence-electron chi connectivity index (χ4n) is 2.26. The van der Waals surface area contributed by atoms with Crippen LogP contribution in [0.3, 0.4) is 0 Å². The monoisotopic (exact) mass is 249 g/mol. The predicted molar refractivity (Wildman–Crippen MR) is 69.8 cm³/mol. The molecule has 0 aliphatic carbocycles. The van der Waals surface area contributed by atoms with Crippen molar-refractivity contribution in [3.63, 3.8) is 0 Å². The number of anilines is 1. The minimum absolute atomic E-state index is 0.0344. The van der Waals surface area contributed by atoms with Crippen molar-refractivity contribution in [2.75, 3.05) is 24.6 Å². The number of aromatic nitrogens is 2. The van der Waals surface area contributed by atoms with Crippen LogP contribution in [0.25, 0.3) is 0 Å². The summed E-state index contributed by atoms with van der Waals surface area (Å²) in [7, 11) is 0. The summed E-state index contributed by atoms with van der Waals surface area (Å²) in [5.74, 6) is 1.10. The Morgan fingerprint density at radius 2 is 2.39 bits per heavy atom. The molecule has 1 unspecified atom stereocenters. The lowest BCUT2D eigenvalue weighted by Crippen LogP contribution is -2.24. The molecule has 1 atom stereocenters. The van der Waals surface area contributed by atoms with Crippen molar-refractivity contribution >= 4 is 11.8 Å². The molecule has 98 valence electrons. The van der Waals surface area contributed by atoms with E-state index in [-0.39, 0.29) is 12.4 Å². The predicted octanol–water partition coefficient (Wildman–Crippen LogP) is 0.278. The molecule has 6 heteroatoms. The van der Waals surface area contributed by atoms with Crippen LogP contribution in [-0.2, 0) is 0 Å². The molecule has 0 saturated carbocycles. The largest absolute Gasteiger partial charge is 0.396 e. The highest BCUT2D eigenvalue weighted by atomic mass is 16.3. The molecular formula is C12H19N5O. The van der Waals surface area contributed by atoms with Gasteiger partial charge in [-0.1, -0.05) is 0 Å². The van der Waals surface area contributed by atoms with Crippen molar-refractivity contribution in [3.8, 4) is 0 Å².